The van der Waals surface area contributed by atoms with Crippen LogP contribution in [0.25, 0.3) is 0 Å². The smallest absolute Gasteiger partial charge is 0.410 e. The van der Waals surface area contributed by atoms with Crippen LogP contribution in [0.1, 0.15) is 75.3 Å². The molecule has 15 heteroatoms. The van der Waals surface area contributed by atoms with Gasteiger partial charge in [-0.2, -0.15) is 0 Å². The van der Waals surface area contributed by atoms with Crippen LogP contribution in [-0.4, -0.2) is 84.6 Å². The van der Waals surface area contributed by atoms with E-state index in [4.69, 9.17) is 9.47 Å². The Bertz CT molecular complexity index is 1630. The summed E-state index contributed by atoms with van der Waals surface area (Å²) in [7, 11) is -2.67. The van der Waals surface area contributed by atoms with Gasteiger partial charge < -0.3 is 19.7 Å². The lowest BCUT2D eigenvalue weighted by molar-refractivity contribution is -0.149. The number of nitrogens with zero attached hydrogens (tertiary/aromatic N) is 2. The number of benzene rings is 1. The number of allylic oxidation sites excluding steroid dienone is 1. The number of hydrogen-bond acceptors (Lipinski definition) is 9. The number of amides is 4. The van der Waals surface area contributed by atoms with Gasteiger partial charge in [0.05, 0.1) is 31.9 Å². The normalized spacial score (nSPS) is 29.7. The van der Waals surface area contributed by atoms with Gasteiger partial charge in [-0.1, -0.05) is 37.1 Å². The molecule has 3 heterocycles. The molecule has 0 spiro atoms. The minimum Gasteiger partial charge on any atom is -0.469 e. The number of hydrogen-bond donors (Lipinski definition) is 2. The summed E-state index contributed by atoms with van der Waals surface area (Å²) >= 11 is 0. The van der Waals surface area contributed by atoms with E-state index in [1.165, 1.54) is 23.0 Å². The van der Waals surface area contributed by atoms with E-state index >= 15 is 0 Å². The van der Waals surface area contributed by atoms with Crippen LogP contribution in [0.4, 0.5) is 9.18 Å². The molecular weight excluding hydrogens is 647 g/mol. The average Bonchev–Trinajstić information content (AvgIpc) is 3.93. The van der Waals surface area contributed by atoms with E-state index in [1.54, 1.807) is 12.1 Å². The molecular formula is C33H41FN4O9S. The van der Waals surface area contributed by atoms with E-state index < -0.39 is 80.4 Å². The maximum absolute atomic E-state index is 14.3. The standard InChI is InChI=1S/C33H41FN4O9S/c1-46-28(39)14-20-8-5-3-2-4-6-10-22-16-33(22,31(42)36-48(44,45)24-12-13-24)35-29(40)27-15-23(18-38(27)30(20)41)47-32(43)37-17-21-9-7-11-26(34)25(21)19-37/h6-7,9-11,20,22-24,27H,2-5,8,12-19H2,1H3,(H,35,40)(H,36,42)/b10-6-/t20-,22-,23-,27+,33-/m1/s1. The largest absolute Gasteiger partial charge is 0.469 e. The summed E-state index contributed by atoms with van der Waals surface area (Å²) in [5, 5.41) is 2.13. The highest BCUT2D eigenvalue weighted by atomic mass is 32.2. The van der Waals surface area contributed by atoms with Crippen molar-refractivity contribution in [3.05, 3.63) is 47.3 Å². The molecule has 3 aliphatic heterocycles. The second-order valence-electron chi connectivity index (χ2n) is 13.5. The summed E-state index contributed by atoms with van der Waals surface area (Å²) in [6.07, 6.45) is 6.15. The first-order valence-corrected chi connectivity index (χ1v) is 18.1. The van der Waals surface area contributed by atoms with Gasteiger partial charge in [0, 0.05) is 30.4 Å². The van der Waals surface area contributed by atoms with E-state index in [0.717, 1.165) is 12.8 Å². The molecule has 5 atom stereocenters. The molecule has 0 unspecified atom stereocenters. The van der Waals surface area contributed by atoms with Gasteiger partial charge in [-0.05, 0) is 50.2 Å². The van der Waals surface area contributed by atoms with Gasteiger partial charge in [0.1, 0.15) is 23.5 Å². The number of fused-ring (bicyclic) bond motifs is 3. The van der Waals surface area contributed by atoms with Crippen LogP contribution in [0.3, 0.4) is 0 Å². The number of carbonyl (C=O) groups is 5. The van der Waals surface area contributed by atoms with E-state index in [2.05, 4.69) is 10.0 Å². The molecule has 0 radical (unpaired) electrons. The molecule has 48 heavy (non-hydrogen) atoms. The summed E-state index contributed by atoms with van der Waals surface area (Å²) in [6.45, 7) is 0.00834. The van der Waals surface area contributed by atoms with Gasteiger partial charge in [0.25, 0.3) is 5.91 Å². The van der Waals surface area contributed by atoms with E-state index in [1.807, 2.05) is 12.2 Å². The third-order valence-corrected chi connectivity index (χ3v) is 11.9. The van der Waals surface area contributed by atoms with E-state index in [0.29, 0.717) is 43.2 Å². The van der Waals surface area contributed by atoms with E-state index in [9.17, 15) is 36.8 Å². The fourth-order valence-electron chi connectivity index (χ4n) is 6.99. The molecule has 2 N–H and O–H groups in total. The summed E-state index contributed by atoms with van der Waals surface area (Å²) in [5.41, 5.74) is -0.476. The summed E-state index contributed by atoms with van der Waals surface area (Å²) in [5.74, 6) is -4.26. The molecule has 6 rings (SSSR count). The zero-order valence-corrected chi connectivity index (χ0v) is 27.6. The molecule has 1 saturated heterocycles. The number of ether oxygens (including phenoxy) is 2. The van der Waals surface area contributed by atoms with Gasteiger partial charge in [0.15, 0.2) is 0 Å². The Kier molecular flexibility index (Phi) is 9.51. The molecule has 5 aliphatic rings. The first-order chi connectivity index (χ1) is 22.9. The third-order valence-electron chi connectivity index (χ3n) is 10.0. The maximum Gasteiger partial charge on any atom is 0.410 e. The van der Waals surface area contributed by atoms with Crippen molar-refractivity contribution < 1.29 is 46.3 Å². The summed E-state index contributed by atoms with van der Waals surface area (Å²) < 4.78 is 52.5. The van der Waals surface area contributed by atoms with Crippen LogP contribution in [-0.2, 0) is 51.8 Å². The SMILES string of the molecule is COC(=O)C[C@H]1CCCCC/C=C\[C@@H]2C[C@@]2(C(=O)NS(=O)(=O)C2CC2)NC(=O)[C@@H]2C[C@@H](OC(=O)N3Cc4cccc(F)c4C3)CN2C1=O. The Morgan fingerprint density at radius 1 is 1.10 bits per heavy atom. The number of esters is 1. The van der Waals surface area contributed by atoms with Crippen LogP contribution in [0, 0.1) is 17.7 Å². The minimum absolute atomic E-state index is 0.0115. The third kappa shape index (κ3) is 7.06. The molecule has 2 aliphatic carbocycles. The average molecular weight is 689 g/mol. The van der Waals surface area contributed by atoms with Crippen molar-refractivity contribution in [3.63, 3.8) is 0 Å². The highest BCUT2D eigenvalue weighted by Crippen LogP contribution is 2.46. The van der Waals surface area contributed by atoms with Crippen LogP contribution in [0.5, 0.6) is 0 Å². The molecule has 0 bridgehead atoms. The van der Waals surface area contributed by atoms with Gasteiger partial charge in [0.2, 0.25) is 21.8 Å². The van der Waals surface area contributed by atoms with Gasteiger partial charge in [-0.3, -0.25) is 28.8 Å². The van der Waals surface area contributed by atoms with Gasteiger partial charge in [-0.15, -0.1) is 0 Å². The Morgan fingerprint density at radius 2 is 1.90 bits per heavy atom. The highest BCUT2D eigenvalue weighted by molar-refractivity contribution is 7.91. The molecule has 1 aromatic carbocycles. The van der Waals surface area contributed by atoms with Crippen molar-refractivity contribution in [1.29, 1.82) is 0 Å². The first-order valence-electron chi connectivity index (χ1n) is 16.6. The topological polar surface area (TPSA) is 168 Å². The van der Waals surface area contributed by atoms with Crippen molar-refractivity contribution >= 4 is 39.8 Å². The maximum atomic E-state index is 14.3. The lowest BCUT2D eigenvalue weighted by Gasteiger charge is -2.29. The zero-order valence-electron chi connectivity index (χ0n) is 26.8. The van der Waals surface area contributed by atoms with Crippen LogP contribution in [0.15, 0.2) is 30.4 Å². The van der Waals surface area contributed by atoms with Crippen molar-refractivity contribution in [2.75, 3.05) is 13.7 Å². The van der Waals surface area contributed by atoms with Crippen LogP contribution >= 0.6 is 0 Å². The summed E-state index contributed by atoms with van der Waals surface area (Å²) in [4.78, 5) is 69.9. The van der Waals surface area contributed by atoms with Gasteiger partial charge >= 0.3 is 12.1 Å². The molecule has 13 nitrogen and oxygen atoms in total. The minimum atomic E-state index is -3.90. The number of sulfonamides is 1. The van der Waals surface area contributed by atoms with Crippen molar-refractivity contribution in [3.8, 4) is 0 Å². The second kappa shape index (κ2) is 13.5. The second-order valence-corrected chi connectivity index (χ2v) is 15.4. The summed E-state index contributed by atoms with van der Waals surface area (Å²) in [6, 6.07) is 3.43. The Balaban J connectivity index is 1.24. The Hall–Kier alpha value is -4.01. The number of halogens is 1. The Morgan fingerprint density at radius 3 is 2.62 bits per heavy atom. The van der Waals surface area contributed by atoms with Crippen molar-refractivity contribution in [2.24, 2.45) is 11.8 Å². The van der Waals surface area contributed by atoms with E-state index in [-0.39, 0.29) is 38.9 Å². The molecule has 4 amide bonds. The molecule has 3 fully saturated rings. The number of nitrogens with one attached hydrogen (secondary N) is 2. The number of methoxy groups -OCH3 is 1. The predicted molar refractivity (Wildman–Crippen MR) is 167 cm³/mol. The predicted octanol–water partition coefficient (Wildman–Crippen LogP) is 2.43. The lowest BCUT2D eigenvalue weighted by atomic mass is 9.95. The quantitative estimate of drug-likeness (QED) is 0.337. The molecule has 1 aromatic rings. The van der Waals surface area contributed by atoms with Crippen LogP contribution in [0.2, 0.25) is 0 Å². The first kappa shape index (κ1) is 33.9. The van der Waals surface area contributed by atoms with Gasteiger partial charge in [-0.25, -0.2) is 17.6 Å². The highest BCUT2D eigenvalue weighted by Gasteiger charge is 2.62. The fourth-order valence-corrected chi connectivity index (χ4v) is 8.35. The number of carbonyl (C=O) groups excluding carboxylic acids is 5. The lowest BCUT2D eigenvalue weighted by Crippen LogP contribution is -2.57. The monoisotopic (exact) mass is 688 g/mol. The Labute approximate surface area is 278 Å². The molecule has 0 aromatic heterocycles. The van der Waals surface area contributed by atoms with Crippen molar-refractivity contribution in [2.45, 2.75) is 100 Å². The number of rotatable bonds is 6. The zero-order chi connectivity index (χ0) is 34.2. The van der Waals surface area contributed by atoms with Crippen molar-refractivity contribution in [1.82, 2.24) is 19.8 Å². The fraction of sp³-hybridized carbons (Fsp3) is 0.606. The molecule has 2 saturated carbocycles. The van der Waals surface area contributed by atoms with Crippen LogP contribution < -0.4 is 10.0 Å². The molecule has 260 valence electrons.